The summed E-state index contributed by atoms with van der Waals surface area (Å²) in [6, 6.07) is 15.3. The Kier molecular flexibility index (Phi) is 6.13. The summed E-state index contributed by atoms with van der Waals surface area (Å²) in [6.45, 7) is 4.13. The van der Waals surface area contributed by atoms with E-state index in [1.807, 2.05) is 36.4 Å². The highest BCUT2D eigenvalue weighted by atomic mass is 32.1. The predicted molar refractivity (Wildman–Crippen MR) is 119 cm³/mol. The number of nitrogens with zero attached hydrogens (tertiary/aromatic N) is 1. The third-order valence-corrected chi connectivity index (χ3v) is 7.13. The topological polar surface area (TPSA) is 68.3 Å². The first-order chi connectivity index (χ1) is 14.5. The molecule has 1 fully saturated rings. The summed E-state index contributed by atoms with van der Waals surface area (Å²) in [5.41, 5.74) is 2.04. The van der Waals surface area contributed by atoms with Gasteiger partial charge in [0.25, 0.3) is 5.91 Å². The number of nitrogens with one attached hydrogen (secondary N) is 1. The molecule has 1 amide bonds. The molecule has 1 aromatic heterocycles. The highest BCUT2D eigenvalue weighted by Crippen LogP contribution is 2.32. The van der Waals surface area contributed by atoms with Crippen LogP contribution in [0.5, 0.6) is 0 Å². The van der Waals surface area contributed by atoms with Gasteiger partial charge in [-0.3, -0.25) is 4.79 Å². The molecule has 2 aromatic carbocycles. The van der Waals surface area contributed by atoms with E-state index in [0.717, 1.165) is 33.6 Å². The average Bonchev–Trinajstić information content (AvgIpc) is 3.19. The third-order valence-electron chi connectivity index (χ3n) is 6.06. The van der Waals surface area contributed by atoms with Gasteiger partial charge < -0.3 is 10.1 Å². The number of rotatable bonds is 5. The monoisotopic (exact) mass is 422 g/mol. The number of aromatic nitrogens is 1. The number of ether oxygens (including phenoxy) is 1. The van der Waals surface area contributed by atoms with Crippen LogP contribution in [0.15, 0.2) is 48.5 Å². The van der Waals surface area contributed by atoms with Crippen molar-refractivity contribution in [3.8, 4) is 10.6 Å². The lowest BCUT2D eigenvalue weighted by Crippen LogP contribution is -2.45. The lowest BCUT2D eigenvalue weighted by Gasteiger charge is -2.34. The molecule has 1 heterocycles. The number of thiazole rings is 1. The average molecular weight is 423 g/mol. The Bertz CT molecular complexity index is 1030. The minimum Gasteiger partial charge on any atom is -0.452 e. The maximum atomic E-state index is 12.7. The highest BCUT2D eigenvalue weighted by Gasteiger charge is 2.28. The zero-order chi connectivity index (χ0) is 21.1. The van der Waals surface area contributed by atoms with Crippen LogP contribution in [0.1, 0.15) is 43.5 Å². The molecule has 3 atom stereocenters. The summed E-state index contributed by atoms with van der Waals surface area (Å²) >= 11 is 1.53. The van der Waals surface area contributed by atoms with E-state index in [1.54, 1.807) is 12.1 Å². The van der Waals surface area contributed by atoms with Crippen LogP contribution < -0.4 is 5.32 Å². The molecule has 3 aromatic rings. The Balaban J connectivity index is 1.43. The second kappa shape index (κ2) is 8.96. The number of benzene rings is 2. The van der Waals surface area contributed by atoms with E-state index in [0.29, 0.717) is 17.4 Å². The van der Waals surface area contributed by atoms with Gasteiger partial charge in [-0.2, -0.15) is 0 Å². The molecular weight excluding hydrogens is 396 g/mol. The molecule has 156 valence electrons. The summed E-state index contributed by atoms with van der Waals surface area (Å²) in [4.78, 5) is 29.8. The normalized spacial score (nSPS) is 21.3. The van der Waals surface area contributed by atoms with Crippen LogP contribution in [0, 0.1) is 11.8 Å². The number of hydrogen-bond donors (Lipinski definition) is 1. The number of hydrogen-bond acceptors (Lipinski definition) is 5. The second-order valence-electron chi connectivity index (χ2n) is 8.05. The van der Waals surface area contributed by atoms with Crippen LogP contribution in [0.25, 0.3) is 20.8 Å². The van der Waals surface area contributed by atoms with E-state index in [1.165, 1.54) is 17.8 Å². The Morgan fingerprint density at radius 3 is 2.70 bits per heavy atom. The van der Waals surface area contributed by atoms with Crippen molar-refractivity contribution in [2.24, 2.45) is 11.8 Å². The molecule has 1 aliphatic rings. The van der Waals surface area contributed by atoms with Gasteiger partial charge in [-0.05, 0) is 36.5 Å². The molecule has 1 N–H and O–H groups in total. The van der Waals surface area contributed by atoms with E-state index in [4.69, 9.17) is 4.74 Å². The first kappa shape index (κ1) is 20.5. The summed E-state index contributed by atoms with van der Waals surface area (Å²) in [7, 11) is 0. The van der Waals surface area contributed by atoms with Crippen LogP contribution >= 0.6 is 11.3 Å². The molecule has 30 heavy (non-hydrogen) atoms. The molecule has 0 spiro atoms. The van der Waals surface area contributed by atoms with Crippen LogP contribution in [0.4, 0.5) is 0 Å². The van der Waals surface area contributed by atoms with Crippen molar-refractivity contribution in [3.63, 3.8) is 0 Å². The molecule has 4 rings (SSSR count). The van der Waals surface area contributed by atoms with E-state index in [2.05, 4.69) is 24.1 Å². The smallest absolute Gasteiger partial charge is 0.339 e. The van der Waals surface area contributed by atoms with Crippen LogP contribution in [-0.4, -0.2) is 29.5 Å². The van der Waals surface area contributed by atoms with Gasteiger partial charge in [0.2, 0.25) is 0 Å². The summed E-state index contributed by atoms with van der Waals surface area (Å²) < 4.78 is 6.42. The number of para-hydroxylation sites is 1. The van der Waals surface area contributed by atoms with Crippen molar-refractivity contribution in [2.75, 3.05) is 6.61 Å². The zero-order valence-corrected chi connectivity index (χ0v) is 18.1. The first-order valence-corrected chi connectivity index (χ1v) is 11.3. The minimum atomic E-state index is -0.509. The maximum absolute atomic E-state index is 12.7. The number of fused-ring (bicyclic) bond motifs is 1. The van der Waals surface area contributed by atoms with Crippen molar-refractivity contribution in [3.05, 3.63) is 54.1 Å². The SMILES string of the molecule is C[C@@H]1[C@@H](C)CCC[C@H]1NC(=O)COC(=O)c1ccccc1-c1nc2ccccc2s1. The molecule has 0 saturated heterocycles. The Hall–Kier alpha value is -2.73. The fraction of sp³-hybridized carbons (Fsp3) is 0.375. The van der Waals surface area contributed by atoms with E-state index < -0.39 is 5.97 Å². The van der Waals surface area contributed by atoms with Gasteiger partial charge >= 0.3 is 5.97 Å². The third kappa shape index (κ3) is 4.38. The van der Waals surface area contributed by atoms with Crippen molar-refractivity contribution >= 4 is 33.4 Å². The lowest BCUT2D eigenvalue weighted by atomic mass is 9.78. The van der Waals surface area contributed by atoms with Gasteiger partial charge in [-0.1, -0.05) is 57.0 Å². The highest BCUT2D eigenvalue weighted by molar-refractivity contribution is 7.21. The van der Waals surface area contributed by atoms with Gasteiger partial charge in [0.05, 0.1) is 15.8 Å². The summed E-state index contributed by atoms with van der Waals surface area (Å²) in [6.07, 6.45) is 3.29. The number of carbonyl (C=O) groups excluding carboxylic acids is 2. The first-order valence-electron chi connectivity index (χ1n) is 10.4. The molecule has 0 unspecified atom stereocenters. The summed E-state index contributed by atoms with van der Waals surface area (Å²) in [5.74, 6) is 0.266. The molecule has 1 saturated carbocycles. The molecule has 0 radical (unpaired) electrons. The van der Waals surface area contributed by atoms with E-state index in [9.17, 15) is 9.59 Å². The van der Waals surface area contributed by atoms with Gasteiger partial charge in [0, 0.05) is 11.6 Å². The van der Waals surface area contributed by atoms with E-state index >= 15 is 0 Å². The number of amides is 1. The number of esters is 1. The molecule has 0 aliphatic heterocycles. The van der Waals surface area contributed by atoms with Crippen LogP contribution in [-0.2, 0) is 9.53 Å². The van der Waals surface area contributed by atoms with Crippen molar-refractivity contribution in [2.45, 2.75) is 39.2 Å². The fourth-order valence-corrected chi connectivity index (χ4v) is 5.08. The van der Waals surface area contributed by atoms with Crippen LogP contribution in [0.2, 0.25) is 0 Å². The molecule has 5 nitrogen and oxygen atoms in total. The zero-order valence-electron chi connectivity index (χ0n) is 17.3. The fourth-order valence-electron chi connectivity index (χ4n) is 4.08. The maximum Gasteiger partial charge on any atom is 0.339 e. The van der Waals surface area contributed by atoms with Crippen LogP contribution in [0.3, 0.4) is 0 Å². The van der Waals surface area contributed by atoms with E-state index in [-0.39, 0.29) is 18.6 Å². The minimum absolute atomic E-state index is 0.148. The van der Waals surface area contributed by atoms with Gasteiger partial charge in [-0.15, -0.1) is 11.3 Å². The van der Waals surface area contributed by atoms with Crippen molar-refractivity contribution < 1.29 is 14.3 Å². The summed E-state index contributed by atoms with van der Waals surface area (Å²) in [5, 5.41) is 3.81. The molecule has 0 bridgehead atoms. The molecular formula is C24H26N2O3S. The van der Waals surface area contributed by atoms with Gasteiger partial charge in [0.15, 0.2) is 6.61 Å². The molecule has 1 aliphatic carbocycles. The van der Waals surface area contributed by atoms with Crippen molar-refractivity contribution in [1.29, 1.82) is 0 Å². The van der Waals surface area contributed by atoms with Gasteiger partial charge in [-0.25, -0.2) is 9.78 Å². The number of carbonyl (C=O) groups is 2. The Labute approximate surface area is 180 Å². The Morgan fingerprint density at radius 2 is 1.87 bits per heavy atom. The van der Waals surface area contributed by atoms with Crippen molar-refractivity contribution in [1.82, 2.24) is 10.3 Å². The molecule has 6 heteroatoms. The predicted octanol–water partition coefficient (Wildman–Crippen LogP) is 5.06. The van der Waals surface area contributed by atoms with Gasteiger partial charge in [0.1, 0.15) is 5.01 Å². The second-order valence-corrected chi connectivity index (χ2v) is 9.08. The quantitative estimate of drug-likeness (QED) is 0.584. The lowest BCUT2D eigenvalue weighted by molar-refractivity contribution is -0.125. The standard InChI is InChI=1S/C24H26N2O3S/c1-15-8-7-12-19(16(15)2)25-22(27)14-29-24(28)18-10-4-3-9-17(18)23-26-20-11-5-6-13-21(20)30-23/h3-6,9-11,13,15-16,19H,7-8,12,14H2,1-2H3,(H,25,27)/t15-,16+,19+/m0/s1. The largest absolute Gasteiger partial charge is 0.452 e. The Morgan fingerprint density at radius 1 is 1.10 bits per heavy atom.